The molecule has 5 heteroatoms. The van der Waals surface area contributed by atoms with E-state index in [-0.39, 0.29) is 11.3 Å². The van der Waals surface area contributed by atoms with Gasteiger partial charge in [-0.15, -0.1) is 0 Å². The summed E-state index contributed by atoms with van der Waals surface area (Å²) in [5.41, 5.74) is 0.596. The topological polar surface area (TPSA) is 52.6 Å². The molecule has 144 valence electrons. The number of esters is 2. The molecule has 0 atom stereocenters. The molecule has 2 rings (SSSR count). The zero-order chi connectivity index (χ0) is 19.5. The summed E-state index contributed by atoms with van der Waals surface area (Å²) in [7, 11) is 0. The first-order valence-electron chi connectivity index (χ1n) is 9.35. The summed E-state index contributed by atoms with van der Waals surface area (Å²) in [4.78, 5) is 24.5. The van der Waals surface area contributed by atoms with Gasteiger partial charge in [0.05, 0.1) is 22.8 Å². The fraction of sp³-hybridized carbons (Fsp3) is 0.364. The molecule has 0 N–H and O–H groups in total. The molecule has 0 heterocycles. The number of ether oxygens (including phenoxy) is 2. The van der Waals surface area contributed by atoms with E-state index >= 15 is 0 Å². The summed E-state index contributed by atoms with van der Waals surface area (Å²) >= 11 is 6.00. The van der Waals surface area contributed by atoms with Crippen LogP contribution in [0.3, 0.4) is 0 Å². The molecule has 2 aromatic rings. The molecule has 0 aliphatic rings. The number of benzene rings is 2. The molecule has 0 saturated heterocycles. The fourth-order valence-electron chi connectivity index (χ4n) is 2.59. The minimum absolute atomic E-state index is 0.268. The molecule has 0 spiro atoms. The van der Waals surface area contributed by atoms with E-state index in [1.54, 1.807) is 42.5 Å². The van der Waals surface area contributed by atoms with Crippen molar-refractivity contribution in [1.29, 1.82) is 0 Å². The van der Waals surface area contributed by atoms with Gasteiger partial charge in [-0.05, 0) is 36.8 Å². The van der Waals surface area contributed by atoms with Crippen LogP contribution in [0.15, 0.2) is 48.5 Å². The monoisotopic (exact) mass is 388 g/mol. The zero-order valence-electron chi connectivity index (χ0n) is 15.6. The molecule has 4 nitrogen and oxygen atoms in total. The Labute approximate surface area is 165 Å². The van der Waals surface area contributed by atoms with Gasteiger partial charge in [-0.2, -0.15) is 0 Å². The first-order chi connectivity index (χ1) is 13.1. The highest BCUT2D eigenvalue weighted by Gasteiger charge is 2.14. The maximum atomic E-state index is 12.3. The van der Waals surface area contributed by atoms with Gasteiger partial charge < -0.3 is 9.47 Å². The van der Waals surface area contributed by atoms with Crippen LogP contribution < -0.4 is 4.74 Å². The van der Waals surface area contributed by atoms with Crippen LogP contribution in [-0.4, -0.2) is 18.5 Å². The average molecular weight is 389 g/mol. The number of carbonyl (C=O) groups excluding carboxylic acids is 2. The Balaban J connectivity index is 1.86. The summed E-state index contributed by atoms with van der Waals surface area (Å²) in [6.07, 6.45) is 6.75. The lowest BCUT2D eigenvalue weighted by atomic mass is 10.1. The zero-order valence-corrected chi connectivity index (χ0v) is 16.3. The van der Waals surface area contributed by atoms with E-state index < -0.39 is 11.9 Å². The molecule has 27 heavy (non-hydrogen) atoms. The van der Waals surface area contributed by atoms with Gasteiger partial charge in [0, 0.05) is 0 Å². The van der Waals surface area contributed by atoms with Crippen LogP contribution in [0.1, 0.15) is 66.2 Å². The van der Waals surface area contributed by atoms with Gasteiger partial charge in [0.25, 0.3) is 0 Å². The van der Waals surface area contributed by atoms with E-state index in [0.29, 0.717) is 17.2 Å². The lowest BCUT2D eigenvalue weighted by molar-refractivity contribution is 0.0497. The van der Waals surface area contributed by atoms with Crippen molar-refractivity contribution >= 4 is 23.5 Å². The third kappa shape index (κ3) is 7.06. The SMILES string of the molecule is CCCCCCCCOC(=O)c1cccc(C(=O)Oc2ccccc2Cl)c1. The second-order valence-corrected chi connectivity index (χ2v) is 6.71. The molecule has 0 unspecified atom stereocenters. The molecule has 0 aromatic heterocycles. The minimum Gasteiger partial charge on any atom is -0.462 e. The van der Waals surface area contributed by atoms with Crippen LogP contribution in [0, 0.1) is 0 Å². The van der Waals surface area contributed by atoms with Crippen LogP contribution in [0.2, 0.25) is 5.02 Å². The first kappa shape index (κ1) is 21.0. The second-order valence-electron chi connectivity index (χ2n) is 6.30. The number of hydrogen-bond acceptors (Lipinski definition) is 4. The van der Waals surface area contributed by atoms with E-state index in [1.807, 2.05) is 0 Å². The molecule has 0 amide bonds. The normalized spacial score (nSPS) is 10.4. The minimum atomic E-state index is -0.575. The first-order valence-corrected chi connectivity index (χ1v) is 9.73. The quantitative estimate of drug-likeness (QED) is 0.281. The summed E-state index contributed by atoms with van der Waals surface area (Å²) in [5, 5.41) is 0.348. The summed E-state index contributed by atoms with van der Waals surface area (Å²) in [6, 6.07) is 13.0. The Bertz CT molecular complexity index is 757. The molecule has 0 aliphatic heterocycles. The lowest BCUT2D eigenvalue weighted by Crippen LogP contribution is -2.11. The van der Waals surface area contributed by atoms with Gasteiger partial charge in [0.15, 0.2) is 0 Å². The third-order valence-corrected chi connectivity index (χ3v) is 4.42. The predicted molar refractivity (Wildman–Crippen MR) is 107 cm³/mol. The highest BCUT2D eigenvalue weighted by Crippen LogP contribution is 2.24. The van der Waals surface area contributed by atoms with E-state index in [9.17, 15) is 9.59 Å². The maximum Gasteiger partial charge on any atom is 0.343 e. The highest BCUT2D eigenvalue weighted by molar-refractivity contribution is 6.32. The number of rotatable bonds is 10. The summed E-state index contributed by atoms with van der Waals surface area (Å²) < 4.78 is 10.6. The van der Waals surface area contributed by atoms with Gasteiger partial charge in [-0.3, -0.25) is 0 Å². The van der Waals surface area contributed by atoms with E-state index in [0.717, 1.165) is 19.3 Å². The molecular formula is C22H25ClO4. The number of unbranched alkanes of at least 4 members (excludes halogenated alkanes) is 5. The van der Waals surface area contributed by atoms with E-state index in [2.05, 4.69) is 6.92 Å². The Morgan fingerprint density at radius 1 is 0.852 bits per heavy atom. The molecular weight excluding hydrogens is 364 g/mol. The largest absolute Gasteiger partial charge is 0.462 e. The lowest BCUT2D eigenvalue weighted by Gasteiger charge is -2.08. The molecule has 0 radical (unpaired) electrons. The number of halogens is 1. The molecule has 0 saturated carbocycles. The van der Waals surface area contributed by atoms with Crippen LogP contribution in [0.25, 0.3) is 0 Å². The second kappa shape index (κ2) is 11.4. The van der Waals surface area contributed by atoms with Gasteiger partial charge in [0.1, 0.15) is 5.75 Å². The van der Waals surface area contributed by atoms with Crippen LogP contribution >= 0.6 is 11.6 Å². The van der Waals surface area contributed by atoms with Crippen molar-refractivity contribution in [3.8, 4) is 5.75 Å². The van der Waals surface area contributed by atoms with Crippen LogP contribution in [0.4, 0.5) is 0 Å². The van der Waals surface area contributed by atoms with Crippen molar-refractivity contribution < 1.29 is 19.1 Å². The van der Waals surface area contributed by atoms with Gasteiger partial charge in [0.2, 0.25) is 0 Å². The fourth-order valence-corrected chi connectivity index (χ4v) is 2.76. The molecule has 0 aliphatic carbocycles. The summed E-state index contributed by atoms with van der Waals surface area (Å²) in [5.74, 6) is -0.732. The summed E-state index contributed by atoms with van der Waals surface area (Å²) in [6.45, 7) is 2.57. The number of hydrogen-bond donors (Lipinski definition) is 0. The predicted octanol–water partition coefficient (Wildman–Crippen LogP) is 6.08. The smallest absolute Gasteiger partial charge is 0.343 e. The highest BCUT2D eigenvalue weighted by atomic mass is 35.5. The Kier molecular flexibility index (Phi) is 8.85. The molecule has 2 aromatic carbocycles. The Morgan fingerprint density at radius 2 is 1.52 bits per heavy atom. The van der Waals surface area contributed by atoms with Crippen molar-refractivity contribution in [3.63, 3.8) is 0 Å². The van der Waals surface area contributed by atoms with E-state index in [4.69, 9.17) is 21.1 Å². The van der Waals surface area contributed by atoms with Crippen molar-refractivity contribution in [2.75, 3.05) is 6.61 Å². The third-order valence-electron chi connectivity index (χ3n) is 4.10. The van der Waals surface area contributed by atoms with Crippen LogP contribution in [-0.2, 0) is 4.74 Å². The van der Waals surface area contributed by atoms with Crippen molar-refractivity contribution in [1.82, 2.24) is 0 Å². The van der Waals surface area contributed by atoms with Crippen molar-refractivity contribution in [3.05, 3.63) is 64.7 Å². The van der Waals surface area contributed by atoms with Crippen molar-refractivity contribution in [2.24, 2.45) is 0 Å². The van der Waals surface area contributed by atoms with Gasteiger partial charge in [-0.1, -0.05) is 68.8 Å². The standard InChI is InChI=1S/C22H25ClO4/c1-2-3-4-5-6-9-15-26-21(24)17-11-10-12-18(16-17)22(25)27-20-14-8-7-13-19(20)23/h7-8,10-14,16H,2-6,9,15H2,1H3. The number of para-hydroxylation sites is 1. The number of carbonyl (C=O) groups is 2. The molecule has 0 fully saturated rings. The van der Waals surface area contributed by atoms with Gasteiger partial charge >= 0.3 is 11.9 Å². The van der Waals surface area contributed by atoms with Gasteiger partial charge in [-0.25, -0.2) is 9.59 Å². The Morgan fingerprint density at radius 3 is 2.26 bits per heavy atom. The van der Waals surface area contributed by atoms with Crippen LogP contribution in [0.5, 0.6) is 5.75 Å². The van der Waals surface area contributed by atoms with E-state index in [1.165, 1.54) is 25.3 Å². The maximum absolute atomic E-state index is 12.3. The van der Waals surface area contributed by atoms with Crippen molar-refractivity contribution in [2.45, 2.75) is 45.4 Å². The molecule has 0 bridgehead atoms. The Hall–Kier alpha value is -2.33. The average Bonchev–Trinajstić information content (AvgIpc) is 2.69.